The van der Waals surface area contributed by atoms with Crippen LogP contribution in [0.15, 0.2) is 41.1 Å². The van der Waals surface area contributed by atoms with Crippen molar-refractivity contribution < 1.29 is 9.50 Å². The number of benzene rings is 1. The number of halogens is 2. The van der Waals surface area contributed by atoms with Crippen LogP contribution < -0.4 is 0 Å². The maximum atomic E-state index is 12.9. The third-order valence-corrected chi connectivity index (χ3v) is 3.36. The molecule has 1 N–H and O–H groups in total. The maximum absolute atomic E-state index is 12.9. The highest BCUT2D eigenvalue weighted by Gasteiger charge is 2.05. The number of hydrogen-bond acceptors (Lipinski definition) is 1. The van der Waals surface area contributed by atoms with Gasteiger partial charge in [0.1, 0.15) is 5.82 Å². The molecule has 1 unspecified atom stereocenters. The molecule has 0 aliphatic heterocycles. The third-order valence-electron chi connectivity index (χ3n) is 2.62. The van der Waals surface area contributed by atoms with Crippen LogP contribution in [0.5, 0.6) is 0 Å². The molecule has 1 aromatic carbocycles. The van der Waals surface area contributed by atoms with Crippen molar-refractivity contribution in [2.75, 3.05) is 0 Å². The van der Waals surface area contributed by atoms with E-state index in [2.05, 4.69) is 15.9 Å². The molecule has 0 bridgehead atoms. The molecule has 1 aromatic heterocycles. The summed E-state index contributed by atoms with van der Waals surface area (Å²) in [6.07, 6.45) is 3.33. The van der Waals surface area contributed by atoms with E-state index < -0.39 is 6.10 Å². The highest BCUT2D eigenvalue weighted by Crippen LogP contribution is 2.20. The SMILES string of the molecule is CC(O)c1ccn(Cc2ccc(F)cc2Br)c1. The van der Waals surface area contributed by atoms with Crippen LogP contribution >= 0.6 is 15.9 Å². The van der Waals surface area contributed by atoms with E-state index in [1.165, 1.54) is 12.1 Å². The van der Waals surface area contributed by atoms with Crippen molar-refractivity contribution >= 4 is 15.9 Å². The Kier molecular flexibility index (Phi) is 3.64. The lowest BCUT2D eigenvalue weighted by Crippen LogP contribution is -1.98. The summed E-state index contributed by atoms with van der Waals surface area (Å²) in [6.45, 7) is 2.38. The monoisotopic (exact) mass is 297 g/mol. The minimum Gasteiger partial charge on any atom is -0.389 e. The van der Waals surface area contributed by atoms with E-state index in [0.29, 0.717) is 6.54 Å². The molecule has 4 heteroatoms. The predicted octanol–water partition coefficient (Wildman–Crippen LogP) is 3.49. The molecular weight excluding hydrogens is 285 g/mol. The zero-order chi connectivity index (χ0) is 12.4. The van der Waals surface area contributed by atoms with Gasteiger partial charge in [-0.1, -0.05) is 22.0 Å². The second kappa shape index (κ2) is 5.02. The minimum atomic E-state index is -0.465. The molecule has 0 aliphatic carbocycles. The number of aromatic nitrogens is 1. The lowest BCUT2D eigenvalue weighted by atomic mass is 10.2. The Bertz CT molecular complexity index is 522. The van der Waals surface area contributed by atoms with Gasteiger partial charge in [0, 0.05) is 23.4 Å². The predicted molar refractivity (Wildman–Crippen MR) is 68.3 cm³/mol. The van der Waals surface area contributed by atoms with Crippen LogP contribution in [0.1, 0.15) is 24.2 Å². The van der Waals surface area contributed by atoms with Gasteiger partial charge in [-0.2, -0.15) is 0 Å². The Morgan fingerprint density at radius 1 is 1.41 bits per heavy atom. The van der Waals surface area contributed by atoms with Crippen molar-refractivity contribution in [3.05, 3.63) is 58.1 Å². The van der Waals surface area contributed by atoms with Crippen molar-refractivity contribution in [3.8, 4) is 0 Å². The Hall–Kier alpha value is -1.13. The fourth-order valence-electron chi connectivity index (χ4n) is 1.65. The van der Waals surface area contributed by atoms with E-state index >= 15 is 0 Å². The highest BCUT2D eigenvalue weighted by atomic mass is 79.9. The molecular formula is C13H13BrFNO. The van der Waals surface area contributed by atoms with E-state index in [4.69, 9.17) is 0 Å². The maximum Gasteiger partial charge on any atom is 0.124 e. The largest absolute Gasteiger partial charge is 0.389 e. The summed E-state index contributed by atoms with van der Waals surface area (Å²) in [6, 6.07) is 6.52. The molecule has 0 saturated carbocycles. The van der Waals surface area contributed by atoms with Crippen molar-refractivity contribution in [2.24, 2.45) is 0 Å². The van der Waals surface area contributed by atoms with Crippen molar-refractivity contribution in [1.29, 1.82) is 0 Å². The molecule has 0 fully saturated rings. The van der Waals surface area contributed by atoms with Crippen LogP contribution in [0.2, 0.25) is 0 Å². The van der Waals surface area contributed by atoms with Crippen LogP contribution in [0.3, 0.4) is 0 Å². The zero-order valence-corrected chi connectivity index (χ0v) is 11.0. The molecule has 1 atom stereocenters. The molecule has 0 saturated heterocycles. The van der Waals surface area contributed by atoms with Crippen molar-refractivity contribution in [2.45, 2.75) is 19.6 Å². The summed E-state index contributed by atoms with van der Waals surface area (Å²) in [7, 11) is 0. The van der Waals surface area contributed by atoms with Crippen LogP contribution in [-0.2, 0) is 6.54 Å². The second-order valence-corrected chi connectivity index (χ2v) is 4.88. The molecule has 17 heavy (non-hydrogen) atoms. The third kappa shape index (κ3) is 2.96. The van der Waals surface area contributed by atoms with E-state index in [9.17, 15) is 9.50 Å². The van der Waals surface area contributed by atoms with Crippen molar-refractivity contribution in [3.63, 3.8) is 0 Å². The van der Waals surface area contributed by atoms with Crippen molar-refractivity contribution in [1.82, 2.24) is 4.57 Å². The van der Waals surface area contributed by atoms with E-state index in [1.807, 2.05) is 23.0 Å². The van der Waals surface area contributed by atoms with E-state index in [-0.39, 0.29) is 5.82 Å². The molecule has 90 valence electrons. The van der Waals surface area contributed by atoms with Crippen LogP contribution in [0.25, 0.3) is 0 Å². The van der Waals surface area contributed by atoms with Gasteiger partial charge in [0.05, 0.1) is 6.10 Å². The summed E-state index contributed by atoms with van der Waals surface area (Å²) in [5.74, 6) is -0.252. The second-order valence-electron chi connectivity index (χ2n) is 4.03. The molecule has 1 heterocycles. The molecule has 0 amide bonds. The smallest absolute Gasteiger partial charge is 0.124 e. The van der Waals surface area contributed by atoms with Gasteiger partial charge in [-0.05, 0) is 36.2 Å². The molecule has 0 radical (unpaired) electrons. The molecule has 2 aromatic rings. The fraction of sp³-hybridized carbons (Fsp3) is 0.231. The number of hydrogen-bond donors (Lipinski definition) is 1. The first-order valence-electron chi connectivity index (χ1n) is 5.34. The van der Waals surface area contributed by atoms with Gasteiger partial charge >= 0.3 is 0 Å². The van der Waals surface area contributed by atoms with Gasteiger partial charge in [-0.25, -0.2) is 4.39 Å². The topological polar surface area (TPSA) is 25.2 Å². The van der Waals surface area contributed by atoms with E-state index in [1.54, 1.807) is 13.0 Å². The first-order chi connectivity index (χ1) is 8.06. The van der Waals surface area contributed by atoms with Gasteiger partial charge in [-0.15, -0.1) is 0 Å². The minimum absolute atomic E-state index is 0.252. The quantitative estimate of drug-likeness (QED) is 0.922. The van der Waals surface area contributed by atoms with Crippen LogP contribution in [0, 0.1) is 5.82 Å². The van der Waals surface area contributed by atoms with Gasteiger partial charge in [0.2, 0.25) is 0 Å². The normalized spacial score (nSPS) is 12.7. The summed E-state index contributed by atoms with van der Waals surface area (Å²) in [5, 5.41) is 9.42. The standard InChI is InChI=1S/C13H13BrFNO/c1-9(17)10-4-5-16(7-10)8-11-2-3-12(15)6-13(11)14/h2-7,9,17H,8H2,1H3. The Morgan fingerprint density at radius 2 is 2.18 bits per heavy atom. The molecule has 2 rings (SSSR count). The lowest BCUT2D eigenvalue weighted by molar-refractivity contribution is 0.199. The Balaban J connectivity index is 2.19. The average Bonchev–Trinajstić information content (AvgIpc) is 2.71. The summed E-state index contributed by atoms with van der Waals surface area (Å²) < 4.78 is 15.6. The summed E-state index contributed by atoms with van der Waals surface area (Å²) in [4.78, 5) is 0. The van der Waals surface area contributed by atoms with Gasteiger partial charge in [0.15, 0.2) is 0 Å². The van der Waals surface area contributed by atoms with Gasteiger partial charge in [0.25, 0.3) is 0 Å². The number of rotatable bonds is 3. The average molecular weight is 298 g/mol. The lowest BCUT2D eigenvalue weighted by Gasteiger charge is -2.06. The summed E-state index contributed by atoms with van der Waals surface area (Å²) >= 11 is 3.34. The molecule has 0 spiro atoms. The van der Waals surface area contributed by atoms with E-state index in [0.717, 1.165) is 15.6 Å². The Morgan fingerprint density at radius 3 is 2.76 bits per heavy atom. The molecule has 0 aliphatic rings. The Labute approximate surface area is 108 Å². The zero-order valence-electron chi connectivity index (χ0n) is 9.40. The summed E-state index contributed by atoms with van der Waals surface area (Å²) in [5.41, 5.74) is 1.88. The first kappa shape index (κ1) is 12.3. The van der Waals surface area contributed by atoms with Gasteiger partial charge in [-0.3, -0.25) is 0 Å². The number of nitrogens with zero attached hydrogens (tertiary/aromatic N) is 1. The number of aliphatic hydroxyl groups excluding tert-OH is 1. The first-order valence-corrected chi connectivity index (χ1v) is 6.13. The fourth-order valence-corrected chi connectivity index (χ4v) is 2.13. The number of aliphatic hydroxyl groups is 1. The van der Waals surface area contributed by atoms with Crippen LogP contribution in [-0.4, -0.2) is 9.67 Å². The molecule has 2 nitrogen and oxygen atoms in total. The highest BCUT2D eigenvalue weighted by molar-refractivity contribution is 9.10. The van der Waals surface area contributed by atoms with Crippen LogP contribution in [0.4, 0.5) is 4.39 Å². The van der Waals surface area contributed by atoms with Gasteiger partial charge < -0.3 is 9.67 Å².